The number of hydrogen-bond acceptors (Lipinski definition) is 4. The molecule has 0 aliphatic heterocycles. The van der Waals surface area contributed by atoms with Crippen LogP contribution in [0.5, 0.6) is 5.75 Å². The van der Waals surface area contributed by atoms with Crippen LogP contribution < -0.4 is 15.6 Å². The van der Waals surface area contributed by atoms with E-state index in [1.165, 1.54) is 5.56 Å². The molecule has 26 heavy (non-hydrogen) atoms. The highest BCUT2D eigenvalue weighted by molar-refractivity contribution is 5.41. The van der Waals surface area contributed by atoms with Gasteiger partial charge in [-0.2, -0.15) is 0 Å². The smallest absolute Gasteiger partial charge is 0.297 e. The predicted molar refractivity (Wildman–Crippen MR) is 104 cm³/mol. The molecule has 0 aliphatic rings. The van der Waals surface area contributed by atoms with Crippen LogP contribution >= 0.6 is 0 Å². The molecule has 1 heterocycles. The van der Waals surface area contributed by atoms with Gasteiger partial charge in [-0.3, -0.25) is 9.36 Å². The summed E-state index contributed by atoms with van der Waals surface area (Å²) < 4.78 is 7.03. The maximum atomic E-state index is 12.7. The molecule has 2 aromatic carbocycles. The van der Waals surface area contributed by atoms with Gasteiger partial charge in [-0.05, 0) is 42.7 Å². The van der Waals surface area contributed by atoms with Gasteiger partial charge in [0.1, 0.15) is 5.75 Å². The number of benzene rings is 2. The third-order valence-corrected chi connectivity index (χ3v) is 4.21. The lowest BCUT2D eigenvalue weighted by molar-refractivity contribution is 0.340. The second-order valence-corrected chi connectivity index (χ2v) is 6.07. The summed E-state index contributed by atoms with van der Waals surface area (Å²) in [5.74, 6) is 1.41. The van der Waals surface area contributed by atoms with Crippen LogP contribution in [-0.2, 0) is 0 Å². The maximum absolute atomic E-state index is 12.7. The van der Waals surface area contributed by atoms with E-state index in [1.54, 1.807) is 17.0 Å². The molecule has 1 N–H and O–H groups in total. The van der Waals surface area contributed by atoms with Gasteiger partial charge in [0.15, 0.2) is 5.82 Å². The number of nitrogens with zero attached hydrogens (tertiary/aromatic N) is 2. The zero-order valence-corrected chi connectivity index (χ0v) is 15.1. The Morgan fingerprint density at radius 3 is 2.54 bits per heavy atom. The molecule has 0 amide bonds. The van der Waals surface area contributed by atoms with Crippen molar-refractivity contribution in [2.45, 2.75) is 19.8 Å². The van der Waals surface area contributed by atoms with E-state index in [0.717, 1.165) is 11.4 Å². The third kappa shape index (κ3) is 4.11. The second kappa shape index (κ2) is 8.34. The van der Waals surface area contributed by atoms with Gasteiger partial charge >= 0.3 is 0 Å². The highest BCUT2D eigenvalue weighted by atomic mass is 16.5. The fraction of sp³-hybridized carbons (Fsp3) is 0.238. The molecule has 5 nitrogen and oxygen atoms in total. The average Bonchev–Trinajstić information content (AvgIpc) is 2.69. The second-order valence-electron chi connectivity index (χ2n) is 6.07. The standard InChI is InChI=1S/C21H23N3O2/c1-3-26-19-11-9-18(10-12-19)24-14-13-22-20(21(24)25)23-15-16(2)17-7-5-4-6-8-17/h4-14,16H,3,15H2,1-2H3,(H,22,23)/t16-/m1/s1. The lowest BCUT2D eigenvalue weighted by atomic mass is 10.0. The number of rotatable bonds is 7. The van der Waals surface area contributed by atoms with Crippen molar-refractivity contribution < 1.29 is 4.74 Å². The summed E-state index contributed by atoms with van der Waals surface area (Å²) in [5, 5.41) is 3.18. The van der Waals surface area contributed by atoms with Crippen LogP contribution in [0.1, 0.15) is 25.3 Å². The lowest BCUT2D eigenvalue weighted by Gasteiger charge is -2.14. The maximum Gasteiger partial charge on any atom is 0.297 e. The molecular formula is C21H23N3O2. The molecule has 0 unspecified atom stereocenters. The lowest BCUT2D eigenvalue weighted by Crippen LogP contribution is -2.24. The van der Waals surface area contributed by atoms with E-state index in [0.29, 0.717) is 19.0 Å². The van der Waals surface area contributed by atoms with E-state index < -0.39 is 0 Å². The summed E-state index contributed by atoms with van der Waals surface area (Å²) in [6, 6.07) is 17.7. The SMILES string of the molecule is CCOc1ccc(-n2ccnc(NC[C@@H](C)c3ccccc3)c2=O)cc1. The number of nitrogens with one attached hydrogen (secondary N) is 1. The van der Waals surface area contributed by atoms with E-state index in [4.69, 9.17) is 4.74 Å². The predicted octanol–water partition coefficient (Wildman–Crippen LogP) is 3.85. The van der Waals surface area contributed by atoms with E-state index >= 15 is 0 Å². The van der Waals surface area contributed by atoms with Gasteiger partial charge in [-0.1, -0.05) is 37.3 Å². The van der Waals surface area contributed by atoms with Crippen molar-refractivity contribution >= 4 is 5.82 Å². The van der Waals surface area contributed by atoms with E-state index in [1.807, 2.05) is 49.4 Å². The molecule has 3 aromatic rings. The van der Waals surface area contributed by atoms with Crippen molar-refractivity contribution in [3.8, 4) is 11.4 Å². The van der Waals surface area contributed by atoms with Gasteiger partial charge in [0.05, 0.1) is 6.61 Å². The van der Waals surface area contributed by atoms with Crippen LogP contribution in [0.4, 0.5) is 5.82 Å². The molecule has 0 bridgehead atoms. The van der Waals surface area contributed by atoms with Crippen LogP contribution in [0, 0.1) is 0 Å². The van der Waals surface area contributed by atoms with Gasteiger partial charge in [0.25, 0.3) is 5.56 Å². The monoisotopic (exact) mass is 349 g/mol. The Bertz CT molecular complexity index is 889. The molecule has 1 atom stereocenters. The summed E-state index contributed by atoms with van der Waals surface area (Å²) in [5.41, 5.74) is 1.83. The summed E-state index contributed by atoms with van der Waals surface area (Å²) in [6.45, 7) is 5.31. The normalized spacial score (nSPS) is 11.8. The third-order valence-electron chi connectivity index (χ3n) is 4.21. The number of ether oxygens (including phenoxy) is 1. The molecule has 134 valence electrons. The zero-order chi connectivity index (χ0) is 18.4. The Morgan fingerprint density at radius 2 is 1.85 bits per heavy atom. The Kier molecular flexibility index (Phi) is 5.69. The van der Waals surface area contributed by atoms with Gasteiger partial charge in [-0.25, -0.2) is 4.98 Å². The highest BCUT2D eigenvalue weighted by Crippen LogP contribution is 2.16. The molecule has 1 aromatic heterocycles. The van der Waals surface area contributed by atoms with Gasteiger partial charge in [0.2, 0.25) is 0 Å². The Labute approximate surface area is 153 Å². The first-order valence-electron chi connectivity index (χ1n) is 8.78. The minimum absolute atomic E-state index is 0.170. The Hall–Kier alpha value is -3.08. The van der Waals surface area contributed by atoms with Gasteiger partial charge in [-0.15, -0.1) is 0 Å². The van der Waals surface area contributed by atoms with Crippen molar-refractivity contribution in [2.24, 2.45) is 0 Å². The van der Waals surface area contributed by atoms with Crippen LogP contribution in [0.15, 0.2) is 71.8 Å². The van der Waals surface area contributed by atoms with Crippen molar-refractivity contribution in [2.75, 3.05) is 18.5 Å². The summed E-state index contributed by atoms with van der Waals surface area (Å²) in [6.07, 6.45) is 3.30. The van der Waals surface area contributed by atoms with Gasteiger partial charge < -0.3 is 10.1 Å². The van der Waals surface area contributed by atoms with Crippen molar-refractivity contribution in [3.05, 3.63) is 82.9 Å². The zero-order valence-electron chi connectivity index (χ0n) is 15.1. The molecule has 3 rings (SSSR count). The number of anilines is 1. The van der Waals surface area contributed by atoms with Crippen molar-refractivity contribution in [1.29, 1.82) is 0 Å². The summed E-state index contributed by atoms with van der Waals surface area (Å²) in [4.78, 5) is 16.9. The largest absolute Gasteiger partial charge is 0.494 e. The molecule has 5 heteroatoms. The van der Waals surface area contributed by atoms with Gasteiger partial charge in [0, 0.05) is 24.6 Å². The fourth-order valence-corrected chi connectivity index (χ4v) is 2.75. The van der Waals surface area contributed by atoms with Crippen LogP contribution in [0.3, 0.4) is 0 Å². The van der Waals surface area contributed by atoms with Crippen LogP contribution in [0.2, 0.25) is 0 Å². The van der Waals surface area contributed by atoms with E-state index in [-0.39, 0.29) is 11.5 Å². The Balaban J connectivity index is 1.76. The van der Waals surface area contributed by atoms with E-state index in [9.17, 15) is 4.79 Å². The molecule has 0 radical (unpaired) electrons. The molecule has 0 spiro atoms. The highest BCUT2D eigenvalue weighted by Gasteiger charge is 2.09. The fourth-order valence-electron chi connectivity index (χ4n) is 2.75. The van der Waals surface area contributed by atoms with Crippen LogP contribution in [-0.4, -0.2) is 22.7 Å². The quantitative estimate of drug-likeness (QED) is 0.704. The first-order valence-corrected chi connectivity index (χ1v) is 8.78. The Morgan fingerprint density at radius 1 is 1.12 bits per heavy atom. The first-order chi connectivity index (χ1) is 12.7. The molecule has 0 saturated carbocycles. The summed E-state index contributed by atoms with van der Waals surface area (Å²) in [7, 11) is 0. The van der Waals surface area contributed by atoms with E-state index in [2.05, 4.69) is 29.4 Å². The minimum Gasteiger partial charge on any atom is -0.494 e. The first kappa shape index (κ1) is 17.7. The average molecular weight is 349 g/mol. The molecule has 0 aliphatic carbocycles. The number of aromatic nitrogens is 2. The van der Waals surface area contributed by atoms with Crippen LogP contribution in [0.25, 0.3) is 5.69 Å². The molecule has 0 saturated heterocycles. The summed E-state index contributed by atoms with van der Waals surface area (Å²) >= 11 is 0. The number of hydrogen-bond donors (Lipinski definition) is 1. The topological polar surface area (TPSA) is 56.1 Å². The molecular weight excluding hydrogens is 326 g/mol. The van der Waals surface area contributed by atoms with Crippen molar-refractivity contribution in [1.82, 2.24) is 9.55 Å². The minimum atomic E-state index is -0.170. The molecule has 0 fully saturated rings. The van der Waals surface area contributed by atoms with Crippen molar-refractivity contribution in [3.63, 3.8) is 0 Å².